The van der Waals surface area contributed by atoms with Crippen molar-refractivity contribution < 1.29 is 23.9 Å². The number of para-hydroxylation sites is 1. The van der Waals surface area contributed by atoms with Crippen LogP contribution in [0.25, 0.3) is 0 Å². The minimum absolute atomic E-state index is 0.109. The Labute approximate surface area is 207 Å². The summed E-state index contributed by atoms with van der Waals surface area (Å²) in [4.78, 5) is 56.4. The maximum atomic E-state index is 13.6. The number of hydrogen-bond acceptors (Lipinski definition) is 6. The Bertz CT molecular complexity index is 1140. The van der Waals surface area contributed by atoms with Crippen LogP contribution in [0.3, 0.4) is 0 Å². The van der Waals surface area contributed by atoms with Gasteiger partial charge in [0.15, 0.2) is 0 Å². The van der Waals surface area contributed by atoms with E-state index >= 15 is 0 Å². The molecule has 5 rings (SSSR count). The molecule has 2 N–H and O–H groups in total. The number of benzene rings is 1. The Morgan fingerprint density at radius 3 is 2.77 bits per heavy atom. The van der Waals surface area contributed by atoms with E-state index in [4.69, 9.17) is 4.74 Å². The molecular weight excluding hydrogens is 468 g/mol. The Morgan fingerprint density at radius 1 is 1.17 bits per heavy atom. The fraction of sp³-hybridized carbons (Fsp3) is 0.440. The van der Waals surface area contributed by atoms with Crippen LogP contribution in [-0.2, 0) is 32.0 Å². The van der Waals surface area contributed by atoms with Gasteiger partial charge in [0.25, 0.3) is 0 Å². The molecule has 0 unspecified atom stereocenters. The van der Waals surface area contributed by atoms with E-state index < -0.39 is 12.1 Å². The highest BCUT2D eigenvalue weighted by atomic mass is 32.1. The molecule has 35 heavy (non-hydrogen) atoms. The summed E-state index contributed by atoms with van der Waals surface area (Å²) in [6, 6.07) is 9.03. The SMILES string of the molecule is COc1ccccc1CC(=O)N[C@H]1C[C@@H]2C(=O)N[C@H]3CCN(C(=O)Cc4cccs4)[C@@H]3C(=O)N2C1. The van der Waals surface area contributed by atoms with Gasteiger partial charge in [0.1, 0.15) is 17.8 Å². The summed E-state index contributed by atoms with van der Waals surface area (Å²) in [7, 11) is 1.56. The number of nitrogens with one attached hydrogen (secondary N) is 2. The van der Waals surface area contributed by atoms with Crippen molar-refractivity contribution in [3.8, 4) is 5.75 Å². The summed E-state index contributed by atoms with van der Waals surface area (Å²) in [6.45, 7) is 0.675. The van der Waals surface area contributed by atoms with E-state index in [0.29, 0.717) is 25.1 Å². The lowest BCUT2D eigenvalue weighted by atomic mass is 10.1. The van der Waals surface area contributed by atoms with Crippen LogP contribution in [0, 0.1) is 0 Å². The zero-order valence-electron chi connectivity index (χ0n) is 19.4. The van der Waals surface area contributed by atoms with Crippen molar-refractivity contribution in [3.05, 3.63) is 52.2 Å². The van der Waals surface area contributed by atoms with Crippen LogP contribution >= 0.6 is 11.3 Å². The molecule has 3 aliphatic rings. The van der Waals surface area contributed by atoms with Crippen molar-refractivity contribution in [3.63, 3.8) is 0 Å². The van der Waals surface area contributed by atoms with Crippen LogP contribution in [0.1, 0.15) is 23.3 Å². The maximum absolute atomic E-state index is 13.6. The van der Waals surface area contributed by atoms with Gasteiger partial charge in [-0.05, 0) is 30.4 Å². The smallest absolute Gasteiger partial charge is 0.248 e. The van der Waals surface area contributed by atoms with Crippen molar-refractivity contribution in [1.29, 1.82) is 0 Å². The van der Waals surface area contributed by atoms with E-state index in [1.807, 2.05) is 35.7 Å². The minimum Gasteiger partial charge on any atom is -0.496 e. The number of ether oxygens (including phenoxy) is 1. The predicted molar refractivity (Wildman–Crippen MR) is 129 cm³/mol. The zero-order chi connectivity index (χ0) is 24.5. The van der Waals surface area contributed by atoms with Crippen molar-refractivity contribution in [2.24, 2.45) is 0 Å². The number of likely N-dealkylation sites (tertiary alicyclic amines) is 1. The number of fused-ring (bicyclic) bond motifs is 2. The third kappa shape index (κ3) is 4.62. The number of methoxy groups -OCH3 is 1. The Hall–Kier alpha value is -3.40. The van der Waals surface area contributed by atoms with Crippen LogP contribution in [0.2, 0.25) is 0 Å². The molecule has 2 aromatic rings. The first kappa shape index (κ1) is 23.3. The topological polar surface area (TPSA) is 108 Å². The normalized spacial score (nSPS) is 25.5. The second-order valence-corrected chi connectivity index (χ2v) is 10.2. The molecule has 4 atom stereocenters. The van der Waals surface area contributed by atoms with Gasteiger partial charge in [-0.3, -0.25) is 19.2 Å². The summed E-state index contributed by atoms with van der Waals surface area (Å²) in [5.41, 5.74) is 0.766. The number of amides is 4. The monoisotopic (exact) mass is 496 g/mol. The first-order valence-electron chi connectivity index (χ1n) is 11.8. The largest absolute Gasteiger partial charge is 0.496 e. The second kappa shape index (κ2) is 9.69. The third-order valence-electron chi connectivity index (χ3n) is 7.00. The number of carbonyl (C=O) groups is 4. The molecule has 0 bridgehead atoms. The van der Waals surface area contributed by atoms with Gasteiger partial charge >= 0.3 is 0 Å². The average Bonchev–Trinajstić information content (AvgIpc) is 3.58. The summed E-state index contributed by atoms with van der Waals surface area (Å²) in [5, 5.41) is 7.89. The van der Waals surface area contributed by atoms with Crippen molar-refractivity contribution in [1.82, 2.24) is 20.4 Å². The second-order valence-electron chi connectivity index (χ2n) is 9.19. The molecule has 4 heterocycles. The Kier molecular flexibility index (Phi) is 6.46. The quantitative estimate of drug-likeness (QED) is 0.613. The highest BCUT2D eigenvalue weighted by Gasteiger charge is 2.52. The van der Waals surface area contributed by atoms with Crippen molar-refractivity contribution >= 4 is 35.0 Å². The maximum Gasteiger partial charge on any atom is 0.248 e. The molecular formula is C25H28N4O5S. The molecule has 3 aliphatic heterocycles. The number of carbonyl (C=O) groups excluding carboxylic acids is 4. The van der Waals surface area contributed by atoms with Crippen LogP contribution < -0.4 is 15.4 Å². The van der Waals surface area contributed by atoms with Crippen molar-refractivity contribution in [2.75, 3.05) is 20.2 Å². The Balaban J connectivity index is 1.26. The first-order valence-corrected chi connectivity index (χ1v) is 12.7. The predicted octanol–water partition coefficient (Wildman–Crippen LogP) is 0.727. The molecule has 9 nitrogen and oxygen atoms in total. The first-order chi connectivity index (χ1) is 16.9. The van der Waals surface area contributed by atoms with Gasteiger partial charge in [0, 0.05) is 29.6 Å². The summed E-state index contributed by atoms with van der Waals surface area (Å²) in [6.07, 6.45) is 1.28. The van der Waals surface area contributed by atoms with Crippen LogP contribution in [0.5, 0.6) is 5.75 Å². The van der Waals surface area contributed by atoms with E-state index in [9.17, 15) is 19.2 Å². The van der Waals surface area contributed by atoms with Crippen molar-refractivity contribution in [2.45, 2.75) is 49.9 Å². The number of hydrogen-bond donors (Lipinski definition) is 2. The lowest BCUT2D eigenvalue weighted by Crippen LogP contribution is -2.53. The van der Waals surface area contributed by atoms with Gasteiger partial charge in [-0.25, -0.2) is 0 Å². The molecule has 3 fully saturated rings. The van der Waals surface area contributed by atoms with Crippen LogP contribution in [-0.4, -0.2) is 77.8 Å². The lowest BCUT2D eigenvalue weighted by molar-refractivity contribution is -0.144. The third-order valence-corrected chi connectivity index (χ3v) is 7.88. The zero-order valence-corrected chi connectivity index (χ0v) is 20.3. The summed E-state index contributed by atoms with van der Waals surface area (Å²) >= 11 is 1.51. The standard InChI is InChI=1S/C25H28N4O5S/c1-34-20-7-3-2-5-15(20)11-21(30)26-16-12-19-24(32)27-18-8-9-28(23(18)25(33)29(19)14-16)22(31)13-17-6-4-10-35-17/h2-7,10,16,18-19,23H,8-9,11-14H2,1H3,(H,26,30)(H,27,32)/t16-,18-,19+,23-/m0/s1. The van der Waals surface area contributed by atoms with Gasteiger partial charge in [-0.1, -0.05) is 24.3 Å². The van der Waals surface area contributed by atoms with E-state index in [0.717, 1.165) is 10.4 Å². The minimum atomic E-state index is -0.709. The number of rotatable bonds is 6. The number of nitrogens with zero attached hydrogens (tertiary/aromatic N) is 2. The van der Waals surface area contributed by atoms with Gasteiger partial charge in [-0.2, -0.15) is 0 Å². The van der Waals surface area contributed by atoms with Crippen LogP contribution in [0.15, 0.2) is 41.8 Å². The Morgan fingerprint density at radius 2 is 2.00 bits per heavy atom. The molecule has 0 aliphatic carbocycles. The highest BCUT2D eigenvalue weighted by molar-refractivity contribution is 7.10. The fourth-order valence-electron chi connectivity index (χ4n) is 5.37. The molecule has 0 radical (unpaired) electrons. The average molecular weight is 497 g/mol. The summed E-state index contributed by atoms with van der Waals surface area (Å²) < 4.78 is 5.32. The van der Waals surface area contributed by atoms with E-state index in [-0.39, 0.29) is 55.1 Å². The van der Waals surface area contributed by atoms with Gasteiger partial charge < -0.3 is 25.2 Å². The summed E-state index contributed by atoms with van der Waals surface area (Å²) in [5.74, 6) is -0.118. The number of thiophene rings is 1. The van der Waals surface area contributed by atoms with E-state index in [1.54, 1.807) is 23.0 Å². The van der Waals surface area contributed by atoms with Gasteiger partial charge in [0.2, 0.25) is 23.6 Å². The highest BCUT2D eigenvalue weighted by Crippen LogP contribution is 2.30. The van der Waals surface area contributed by atoms with Crippen LogP contribution in [0.4, 0.5) is 0 Å². The molecule has 184 valence electrons. The van der Waals surface area contributed by atoms with E-state index in [2.05, 4.69) is 10.6 Å². The molecule has 3 saturated heterocycles. The molecule has 0 spiro atoms. The molecule has 1 aromatic carbocycles. The molecule has 1 aromatic heterocycles. The van der Waals surface area contributed by atoms with Gasteiger partial charge in [-0.15, -0.1) is 11.3 Å². The van der Waals surface area contributed by atoms with Gasteiger partial charge in [0.05, 0.1) is 26.0 Å². The van der Waals surface area contributed by atoms with E-state index in [1.165, 1.54) is 11.3 Å². The molecule has 4 amide bonds. The molecule has 10 heteroatoms. The molecule has 0 saturated carbocycles. The fourth-order valence-corrected chi connectivity index (χ4v) is 6.07. The lowest BCUT2D eigenvalue weighted by Gasteiger charge is -2.29.